The second kappa shape index (κ2) is 11.7. The molecular formula is C26H39N3O4. The van der Waals surface area contributed by atoms with Crippen LogP contribution in [0.2, 0.25) is 0 Å². The van der Waals surface area contributed by atoms with E-state index < -0.39 is 29.7 Å². The first-order valence-electron chi connectivity index (χ1n) is 11.4. The van der Waals surface area contributed by atoms with Gasteiger partial charge in [0.05, 0.1) is 0 Å². The minimum Gasteiger partial charge on any atom is -0.444 e. The van der Waals surface area contributed by atoms with E-state index >= 15 is 0 Å². The minimum absolute atomic E-state index is 0.147. The molecule has 7 heteroatoms. The van der Waals surface area contributed by atoms with Crippen LogP contribution in [-0.2, 0) is 14.3 Å². The van der Waals surface area contributed by atoms with Crippen LogP contribution in [0.4, 0.5) is 4.79 Å². The Labute approximate surface area is 198 Å². The van der Waals surface area contributed by atoms with Gasteiger partial charge in [-0.05, 0) is 71.1 Å². The summed E-state index contributed by atoms with van der Waals surface area (Å²) in [6.45, 7) is 16.6. The van der Waals surface area contributed by atoms with E-state index in [0.717, 1.165) is 16.0 Å². The maximum absolute atomic E-state index is 13.7. The van der Waals surface area contributed by atoms with Gasteiger partial charge in [0.15, 0.2) is 0 Å². The van der Waals surface area contributed by atoms with Crippen molar-refractivity contribution in [2.45, 2.75) is 92.5 Å². The molecule has 2 N–H and O–H groups in total. The monoisotopic (exact) mass is 457 g/mol. The third kappa shape index (κ3) is 8.12. The van der Waals surface area contributed by atoms with Crippen LogP contribution in [0.5, 0.6) is 0 Å². The molecule has 1 rings (SSSR count). The zero-order chi connectivity index (χ0) is 25.5. The van der Waals surface area contributed by atoms with Gasteiger partial charge in [-0.1, -0.05) is 44.9 Å². The van der Waals surface area contributed by atoms with Crippen LogP contribution < -0.4 is 10.6 Å². The zero-order valence-electron chi connectivity index (χ0n) is 21.4. The Hall–Kier alpha value is -3.01. The number of alkyl carbamates (subject to hydrolysis) is 1. The molecule has 3 amide bonds. The number of carbonyl (C=O) groups excluding carboxylic acids is 3. The molecule has 0 aromatic heterocycles. The largest absolute Gasteiger partial charge is 0.444 e. The van der Waals surface area contributed by atoms with Crippen molar-refractivity contribution in [1.29, 1.82) is 0 Å². The molecule has 0 aliphatic rings. The van der Waals surface area contributed by atoms with Crippen molar-refractivity contribution in [1.82, 2.24) is 15.5 Å². The molecule has 0 aliphatic carbocycles. The first-order valence-corrected chi connectivity index (χ1v) is 11.4. The van der Waals surface area contributed by atoms with Crippen molar-refractivity contribution >= 4 is 17.9 Å². The summed E-state index contributed by atoms with van der Waals surface area (Å²) in [5, 5.41) is 5.52. The van der Waals surface area contributed by atoms with Gasteiger partial charge >= 0.3 is 6.09 Å². The van der Waals surface area contributed by atoms with Gasteiger partial charge in [0.2, 0.25) is 5.91 Å². The van der Waals surface area contributed by atoms with E-state index in [1.165, 1.54) is 0 Å². The molecule has 0 saturated heterocycles. The van der Waals surface area contributed by atoms with E-state index in [4.69, 9.17) is 11.2 Å². The van der Waals surface area contributed by atoms with Crippen molar-refractivity contribution in [3.63, 3.8) is 0 Å². The predicted molar refractivity (Wildman–Crippen MR) is 130 cm³/mol. The van der Waals surface area contributed by atoms with Crippen LogP contribution in [0.15, 0.2) is 18.2 Å². The number of nitrogens with zero attached hydrogens (tertiary/aromatic N) is 1. The summed E-state index contributed by atoms with van der Waals surface area (Å²) in [4.78, 5) is 40.4. The molecule has 0 aliphatic heterocycles. The summed E-state index contributed by atoms with van der Waals surface area (Å²) >= 11 is 0. The Morgan fingerprint density at radius 2 is 1.70 bits per heavy atom. The number of amides is 3. The molecule has 182 valence electrons. The lowest BCUT2D eigenvalue weighted by Crippen LogP contribution is -2.54. The number of hydrogen-bond donors (Lipinski definition) is 2. The second-order valence-electron chi connectivity index (χ2n) is 9.76. The fraction of sp³-hybridized carbons (Fsp3) is 0.577. The van der Waals surface area contributed by atoms with Crippen molar-refractivity contribution < 1.29 is 19.1 Å². The van der Waals surface area contributed by atoms with Gasteiger partial charge in [0.25, 0.3) is 5.91 Å². The van der Waals surface area contributed by atoms with Crippen molar-refractivity contribution in [2.24, 2.45) is 5.92 Å². The van der Waals surface area contributed by atoms with Gasteiger partial charge in [-0.3, -0.25) is 14.5 Å². The number of carbonyl (C=O) groups is 3. The van der Waals surface area contributed by atoms with Crippen LogP contribution in [0.3, 0.4) is 0 Å². The van der Waals surface area contributed by atoms with Crippen LogP contribution >= 0.6 is 0 Å². The molecule has 3 unspecified atom stereocenters. The van der Waals surface area contributed by atoms with E-state index in [9.17, 15) is 14.4 Å². The first-order chi connectivity index (χ1) is 15.2. The quantitative estimate of drug-likeness (QED) is 0.452. The van der Waals surface area contributed by atoms with Crippen LogP contribution in [-0.4, -0.2) is 40.5 Å². The van der Waals surface area contributed by atoms with E-state index in [0.29, 0.717) is 12.0 Å². The summed E-state index contributed by atoms with van der Waals surface area (Å²) in [5.41, 5.74) is 1.91. The topological polar surface area (TPSA) is 87.7 Å². The van der Waals surface area contributed by atoms with Crippen LogP contribution in [0.25, 0.3) is 0 Å². The third-order valence-corrected chi connectivity index (χ3v) is 5.31. The number of ether oxygens (including phenoxy) is 1. The number of benzene rings is 1. The Kier molecular flexibility index (Phi) is 9.97. The third-order valence-electron chi connectivity index (χ3n) is 5.31. The van der Waals surface area contributed by atoms with Crippen molar-refractivity contribution in [3.8, 4) is 12.5 Å². The summed E-state index contributed by atoms with van der Waals surface area (Å²) in [6.07, 6.45) is 5.68. The van der Waals surface area contributed by atoms with Crippen LogP contribution in [0, 0.1) is 32.2 Å². The molecule has 0 bridgehead atoms. The van der Waals surface area contributed by atoms with Crippen molar-refractivity contribution in [3.05, 3.63) is 34.9 Å². The zero-order valence-corrected chi connectivity index (χ0v) is 21.4. The van der Waals surface area contributed by atoms with Crippen LogP contribution in [0.1, 0.15) is 77.6 Å². The molecule has 3 atom stereocenters. The number of rotatable bonds is 8. The van der Waals surface area contributed by atoms with E-state index in [1.807, 2.05) is 53.7 Å². The van der Waals surface area contributed by atoms with Crippen molar-refractivity contribution in [2.75, 3.05) is 0 Å². The average molecular weight is 458 g/mol. The normalized spacial score (nSPS) is 14.0. The highest BCUT2D eigenvalue weighted by Crippen LogP contribution is 2.26. The molecule has 0 heterocycles. The second-order valence-corrected chi connectivity index (χ2v) is 9.76. The molecule has 0 radical (unpaired) electrons. The molecule has 1 aromatic carbocycles. The number of aryl methyl sites for hydroxylation is 2. The lowest BCUT2D eigenvalue weighted by atomic mass is 9.95. The maximum atomic E-state index is 13.7. The van der Waals surface area contributed by atoms with Gasteiger partial charge in [0, 0.05) is 12.1 Å². The molecule has 1 aromatic rings. The fourth-order valence-electron chi connectivity index (χ4n) is 3.25. The number of hydrogen-bond acceptors (Lipinski definition) is 4. The minimum atomic E-state index is -1.05. The maximum Gasteiger partial charge on any atom is 0.408 e. The molecule has 33 heavy (non-hydrogen) atoms. The highest BCUT2D eigenvalue weighted by molar-refractivity contribution is 5.93. The fourth-order valence-corrected chi connectivity index (χ4v) is 3.25. The highest BCUT2D eigenvalue weighted by Gasteiger charge is 2.38. The summed E-state index contributed by atoms with van der Waals surface area (Å²) in [7, 11) is 0. The molecule has 0 saturated carbocycles. The Balaban J connectivity index is 3.44. The van der Waals surface area contributed by atoms with E-state index in [2.05, 4.69) is 16.7 Å². The standard InChI is InChI=1S/C26H39N3O4/c1-11-17(5)21(28-25(32)33-26(8,9)10)24(31)29(12-2)22(23(30)27-16(3)4)20-14-13-18(6)19(7)15-20/h2,13-17,21-22H,11H2,1,3-10H3,(H,27,30)(H,28,32). The van der Waals surface area contributed by atoms with E-state index in [1.54, 1.807) is 26.8 Å². The average Bonchev–Trinajstić information content (AvgIpc) is 2.69. The van der Waals surface area contributed by atoms with Gasteiger partial charge in [0.1, 0.15) is 17.7 Å². The summed E-state index contributed by atoms with van der Waals surface area (Å²) in [5.74, 6) is -1.17. The Morgan fingerprint density at radius 3 is 2.15 bits per heavy atom. The number of nitrogens with one attached hydrogen (secondary N) is 2. The molecule has 0 spiro atoms. The predicted octanol–water partition coefficient (Wildman–Crippen LogP) is 4.23. The van der Waals surface area contributed by atoms with E-state index in [-0.39, 0.29) is 17.9 Å². The Bertz CT molecular complexity index is 896. The van der Waals surface area contributed by atoms with Gasteiger partial charge in [-0.25, -0.2) is 4.79 Å². The molecule has 0 fully saturated rings. The summed E-state index contributed by atoms with van der Waals surface area (Å²) in [6, 6.07) is 5.80. The lowest BCUT2D eigenvalue weighted by molar-refractivity contribution is -0.139. The first kappa shape index (κ1) is 28.0. The SMILES string of the molecule is C#CN(C(=O)C(NC(=O)OC(C)(C)C)C(C)CC)C(C(=O)NC(C)C)c1ccc(C)c(C)c1. The lowest BCUT2D eigenvalue weighted by Gasteiger charge is -2.33. The smallest absolute Gasteiger partial charge is 0.408 e. The van der Waals surface area contributed by atoms with Gasteiger partial charge < -0.3 is 15.4 Å². The Morgan fingerprint density at radius 1 is 1.09 bits per heavy atom. The number of terminal acetylenes is 1. The summed E-state index contributed by atoms with van der Waals surface area (Å²) < 4.78 is 5.35. The highest BCUT2D eigenvalue weighted by atomic mass is 16.6. The molecule has 7 nitrogen and oxygen atoms in total. The van der Waals surface area contributed by atoms with Gasteiger partial charge in [-0.2, -0.15) is 0 Å². The molecular weight excluding hydrogens is 418 g/mol. The van der Waals surface area contributed by atoms with Gasteiger partial charge in [-0.15, -0.1) is 0 Å².